The number of fused-ring (bicyclic) bond motifs is 1. The highest BCUT2D eigenvalue weighted by atomic mass is 19.4. The van der Waals surface area contributed by atoms with Crippen molar-refractivity contribution in [2.45, 2.75) is 19.3 Å². The van der Waals surface area contributed by atoms with E-state index in [0.717, 1.165) is 17.7 Å². The molecule has 1 heterocycles. The molecule has 0 radical (unpaired) electrons. The van der Waals surface area contributed by atoms with Crippen molar-refractivity contribution in [2.24, 2.45) is 0 Å². The van der Waals surface area contributed by atoms with Crippen LogP contribution in [0.3, 0.4) is 0 Å². The molecule has 130 valence electrons. The van der Waals surface area contributed by atoms with Crippen LogP contribution in [0.25, 0.3) is 10.9 Å². The number of hydrogen-bond donors (Lipinski definition) is 1. The number of para-hydroxylation sites is 1. The average Bonchev–Trinajstić information content (AvgIpc) is 2.54. The van der Waals surface area contributed by atoms with Gasteiger partial charge in [-0.1, -0.05) is 24.3 Å². The lowest BCUT2D eigenvalue weighted by atomic mass is 10.1. The van der Waals surface area contributed by atoms with E-state index in [4.69, 9.17) is 0 Å². The molecule has 0 aliphatic carbocycles. The standard InChI is InChI=1S/C18H16F3N3O/c1-24(10-12-6-8-13(9-7-12)18(19,20)21)11-16-22-15-5-3-2-4-14(15)17(25)23-16/h2-9H,10-11H2,1H3,(H,22,23,25). The Bertz CT molecular complexity index is 933. The molecule has 0 unspecified atom stereocenters. The molecule has 0 saturated heterocycles. The van der Waals surface area contributed by atoms with Crippen LogP contribution in [0.15, 0.2) is 53.3 Å². The monoisotopic (exact) mass is 347 g/mol. The summed E-state index contributed by atoms with van der Waals surface area (Å²) in [6.07, 6.45) is -4.33. The molecule has 2 aromatic carbocycles. The van der Waals surface area contributed by atoms with Crippen molar-refractivity contribution in [1.82, 2.24) is 14.9 Å². The Balaban J connectivity index is 1.72. The maximum absolute atomic E-state index is 12.6. The second-order valence-electron chi connectivity index (χ2n) is 5.90. The third-order valence-corrected chi connectivity index (χ3v) is 3.82. The molecule has 0 amide bonds. The first-order valence-electron chi connectivity index (χ1n) is 7.65. The van der Waals surface area contributed by atoms with E-state index in [1.54, 1.807) is 18.2 Å². The number of nitrogens with zero attached hydrogens (tertiary/aromatic N) is 2. The Morgan fingerprint density at radius 2 is 1.72 bits per heavy atom. The van der Waals surface area contributed by atoms with Gasteiger partial charge in [0.25, 0.3) is 5.56 Å². The molecule has 4 nitrogen and oxygen atoms in total. The Kier molecular flexibility index (Phi) is 4.59. The van der Waals surface area contributed by atoms with Crippen LogP contribution < -0.4 is 5.56 Å². The topological polar surface area (TPSA) is 49.0 Å². The van der Waals surface area contributed by atoms with Crippen molar-refractivity contribution in [3.05, 3.63) is 75.8 Å². The quantitative estimate of drug-likeness (QED) is 0.785. The fourth-order valence-corrected chi connectivity index (χ4v) is 2.63. The molecule has 25 heavy (non-hydrogen) atoms. The maximum Gasteiger partial charge on any atom is 0.416 e. The van der Waals surface area contributed by atoms with Gasteiger partial charge in [-0.15, -0.1) is 0 Å². The van der Waals surface area contributed by atoms with Crippen molar-refractivity contribution in [1.29, 1.82) is 0 Å². The minimum absolute atomic E-state index is 0.205. The minimum Gasteiger partial charge on any atom is -0.309 e. The van der Waals surface area contributed by atoms with E-state index in [0.29, 0.717) is 29.8 Å². The summed E-state index contributed by atoms with van der Waals surface area (Å²) in [6.45, 7) is 0.815. The van der Waals surface area contributed by atoms with Crippen molar-refractivity contribution in [2.75, 3.05) is 7.05 Å². The number of aromatic amines is 1. The second-order valence-corrected chi connectivity index (χ2v) is 5.90. The maximum atomic E-state index is 12.6. The zero-order chi connectivity index (χ0) is 18.0. The molecule has 0 fully saturated rings. The first kappa shape index (κ1) is 17.2. The molecule has 0 atom stereocenters. The third kappa shape index (κ3) is 4.06. The van der Waals surface area contributed by atoms with Gasteiger partial charge < -0.3 is 4.98 Å². The van der Waals surface area contributed by atoms with Crippen LogP contribution in [-0.4, -0.2) is 21.9 Å². The molecule has 0 aliphatic heterocycles. The zero-order valence-corrected chi connectivity index (χ0v) is 13.5. The molecule has 7 heteroatoms. The number of nitrogens with one attached hydrogen (secondary N) is 1. The van der Waals surface area contributed by atoms with Gasteiger partial charge in [0.15, 0.2) is 0 Å². The fraction of sp³-hybridized carbons (Fsp3) is 0.222. The molecular formula is C18H16F3N3O. The van der Waals surface area contributed by atoms with E-state index in [1.165, 1.54) is 12.1 Å². The number of aromatic nitrogens is 2. The van der Waals surface area contributed by atoms with Gasteiger partial charge in [-0.2, -0.15) is 13.2 Å². The first-order chi connectivity index (χ1) is 11.8. The Labute approximate surface area is 141 Å². The normalized spacial score (nSPS) is 12.0. The van der Waals surface area contributed by atoms with Crippen molar-refractivity contribution in [3.8, 4) is 0 Å². The van der Waals surface area contributed by atoms with Crippen molar-refractivity contribution >= 4 is 10.9 Å². The molecule has 0 spiro atoms. The summed E-state index contributed by atoms with van der Waals surface area (Å²) in [7, 11) is 1.81. The van der Waals surface area contributed by atoms with E-state index in [-0.39, 0.29) is 5.56 Å². The van der Waals surface area contributed by atoms with E-state index in [1.807, 2.05) is 18.0 Å². The lowest BCUT2D eigenvalue weighted by Crippen LogP contribution is -2.22. The van der Waals surface area contributed by atoms with Gasteiger partial charge in [0.2, 0.25) is 0 Å². The largest absolute Gasteiger partial charge is 0.416 e. The lowest BCUT2D eigenvalue weighted by Gasteiger charge is -2.16. The Morgan fingerprint density at radius 3 is 2.40 bits per heavy atom. The zero-order valence-electron chi connectivity index (χ0n) is 13.5. The number of benzene rings is 2. The van der Waals surface area contributed by atoms with Crippen molar-refractivity contribution < 1.29 is 13.2 Å². The van der Waals surface area contributed by atoms with Gasteiger partial charge in [0.05, 0.1) is 23.0 Å². The average molecular weight is 347 g/mol. The van der Waals surface area contributed by atoms with Gasteiger partial charge in [0, 0.05) is 6.54 Å². The van der Waals surface area contributed by atoms with Crippen molar-refractivity contribution in [3.63, 3.8) is 0 Å². The second kappa shape index (κ2) is 6.68. The lowest BCUT2D eigenvalue weighted by molar-refractivity contribution is -0.137. The molecule has 1 N–H and O–H groups in total. The number of alkyl halides is 3. The van der Waals surface area contributed by atoms with Crippen LogP contribution >= 0.6 is 0 Å². The Hall–Kier alpha value is -2.67. The van der Waals surface area contributed by atoms with Gasteiger partial charge >= 0.3 is 6.18 Å². The van der Waals surface area contributed by atoms with Gasteiger partial charge in [-0.05, 0) is 36.9 Å². The van der Waals surface area contributed by atoms with E-state index < -0.39 is 11.7 Å². The first-order valence-corrected chi connectivity index (χ1v) is 7.65. The fourth-order valence-electron chi connectivity index (χ4n) is 2.63. The predicted molar refractivity (Wildman–Crippen MR) is 89.0 cm³/mol. The van der Waals surface area contributed by atoms with Crippen LogP contribution in [0.1, 0.15) is 17.0 Å². The molecule has 3 rings (SSSR count). The van der Waals surface area contributed by atoms with Crippen LogP contribution in [0.4, 0.5) is 13.2 Å². The molecular weight excluding hydrogens is 331 g/mol. The summed E-state index contributed by atoms with van der Waals surface area (Å²) in [4.78, 5) is 21.1. The van der Waals surface area contributed by atoms with Gasteiger partial charge in [-0.25, -0.2) is 4.98 Å². The summed E-state index contributed by atoms with van der Waals surface area (Å²) >= 11 is 0. The number of halogens is 3. The summed E-state index contributed by atoms with van der Waals surface area (Å²) in [5.74, 6) is 0.512. The van der Waals surface area contributed by atoms with E-state index in [2.05, 4.69) is 9.97 Å². The van der Waals surface area contributed by atoms with Crippen LogP contribution in [-0.2, 0) is 19.3 Å². The van der Waals surface area contributed by atoms with Crippen LogP contribution in [0, 0.1) is 0 Å². The molecule has 1 aromatic heterocycles. The highest BCUT2D eigenvalue weighted by molar-refractivity contribution is 5.77. The SMILES string of the molecule is CN(Cc1ccc(C(F)(F)F)cc1)Cc1nc2ccccc2c(=O)[nH]1. The minimum atomic E-state index is -4.33. The van der Waals surface area contributed by atoms with Gasteiger partial charge in [0.1, 0.15) is 5.82 Å². The molecule has 0 saturated carbocycles. The highest BCUT2D eigenvalue weighted by Crippen LogP contribution is 2.29. The predicted octanol–water partition coefficient (Wildman–Crippen LogP) is 3.57. The molecule has 3 aromatic rings. The van der Waals surface area contributed by atoms with Crippen LogP contribution in [0.5, 0.6) is 0 Å². The molecule has 0 aliphatic rings. The van der Waals surface area contributed by atoms with Gasteiger partial charge in [-0.3, -0.25) is 9.69 Å². The smallest absolute Gasteiger partial charge is 0.309 e. The molecule has 0 bridgehead atoms. The third-order valence-electron chi connectivity index (χ3n) is 3.82. The van der Waals surface area contributed by atoms with E-state index >= 15 is 0 Å². The Morgan fingerprint density at radius 1 is 1.04 bits per heavy atom. The number of H-pyrrole nitrogens is 1. The summed E-state index contributed by atoms with van der Waals surface area (Å²) in [5.41, 5.74) is 0.491. The summed E-state index contributed by atoms with van der Waals surface area (Å²) in [6, 6.07) is 12.1. The number of hydrogen-bond acceptors (Lipinski definition) is 3. The summed E-state index contributed by atoms with van der Waals surface area (Å²) in [5, 5.41) is 0.525. The van der Waals surface area contributed by atoms with E-state index in [9.17, 15) is 18.0 Å². The van der Waals surface area contributed by atoms with Crippen LogP contribution in [0.2, 0.25) is 0 Å². The number of rotatable bonds is 4. The highest BCUT2D eigenvalue weighted by Gasteiger charge is 2.29. The summed E-state index contributed by atoms with van der Waals surface area (Å²) < 4.78 is 37.7.